The smallest absolute Gasteiger partial charge is 0.408 e. The van der Waals surface area contributed by atoms with Crippen LogP contribution >= 0.6 is 0 Å². The Kier molecular flexibility index (Phi) is 7.25. The van der Waals surface area contributed by atoms with Crippen LogP contribution in [0.25, 0.3) is 0 Å². The van der Waals surface area contributed by atoms with Gasteiger partial charge in [-0.2, -0.15) is 0 Å². The van der Waals surface area contributed by atoms with E-state index in [0.717, 1.165) is 12.8 Å². The fraction of sp³-hybridized carbons (Fsp3) is 0.706. The standard InChI is InChI=1S/C17H29N3O4/c1-12(2)15(22)18-10-13-6-8-20(9-7-13)14(21)11-19-16(23)24-17(3,4)5/h13H,1,6-11H2,2-5H3,(H,18,22)(H,19,23). The number of alkyl carbamates (subject to hydrolysis) is 1. The van der Waals surface area contributed by atoms with Crippen molar-refractivity contribution in [3.05, 3.63) is 12.2 Å². The summed E-state index contributed by atoms with van der Waals surface area (Å²) in [4.78, 5) is 36.9. The minimum absolute atomic E-state index is 0.0635. The van der Waals surface area contributed by atoms with Crippen LogP contribution in [0.15, 0.2) is 12.2 Å². The molecular formula is C17H29N3O4. The van der Waals surface area contributed by atoms with Gasteiger partial charge in [-0.1, -0.05) is 6.58 Å². The highest BCUT2D eigenvalue weighted by atomic mass is 16.6. The minimum atomic E-state index is -0.590. The lowest BCUT2D eigenvalue weighted by atomic mass is 9.96. The quantitative estimate of drug-likeness (QED) is 0.742. The van der Waals surface area contributed by atoms with Crippen molar-refractivity contribution >= 4 is 17.9 Å². The summed E-state index contributed by atoms with van der Waals surface area (Å²) in [5.41, 5.74) is -0.0875. The molecule has 0 radical (unpaired) electrons. The first-order valence-electron chi connectivity index (χ1n) is 8.27. The van der Waals surface area contributed by atoms with E-state index in [4.69, 9.17) is 4.74 Å². The van der Waals surface area contributed by atoms with Gasteiger partial charge in [0.15, 0.2) is 0 Å². The molecule has 1 aliphatic rings. The molecule has 0 aromatic heterocycles. The molecule has 24 heavy (non-hydrogen) atoms. The van der Waals surface area contributed by atoms with Crippen LogP contribution in [-0.2, 0) is 14.3 Å². The number of ether oxygens (including phenoxy) is 1. The first-order valence-corrected chi connectivity index (χ1v) is 8.27. The molecule has 1 aliphatic heterocycles. The molecule has 1 fully saturated rings. The molecule has 0 spiro atoms. The van der Waals surface area contributed by atoms with Gasteiger partial charge in [-0.15, -0.1) is 0 Å². The van der Waals surface area contributed by atoms with Crippen molar-refractivity contribution in [2.75, 3.05) is 26.2 Å². The number of amides is 3. The van der Waals surface area contributed by atoms with Crippen LogP contribution in [-0.4, -0.2) is 54.6 Å². The molecule has 0 aliphatic carbocycles. The van der Waals surface area contributed by atoms with Gasteiger partial charge in [0.25, 0.3) is 0 Å². The largest absolute Gasteiger partial charge is 0.444 e. The average Bonchev–Trinajstić information content (AvgIpc) is 2.49. The van der Waals surface area contributed by atoms with Crippen LogP contribution in [0, 0.1) is 5.92 Å². The third-order valence-corrected chi connectivity index (χ3v) is 3.69. The van der Waals surface area contributed by atoms with Crippen LogP contribution in [0.4, 0.5) is 4.79 Å². The first kappa shape index (κ1) is 20.0. The molecule has 3 amide bonds. The Morgan fingerprint density at radius 2 is 1.75 bits per heavy atom. The summed E-state index contributed by atoms with van der Waals surface area (Å²) in [7, 11) is 0. The SMILES string of the molecule is C=C(C)C(=O)NCC1CCN(C(=O)CNC(=O)OC(C)(C)C)CC1. The number of piperidine rings is 1. The molecule has 7 heteroatoms. The Labute approximate surface area is 143 Å². The third kappa shape index (κ3) is 7.48. The van der Waals surface area contributed by atoms with Gasteiger partial charge in [0.2, 0.25) is 11.8 Å². The van der Waals surface area contributed by atoms with Crippen LogP contribution in [0.5, 0.6) is 0 Å². The van der Waals surface area contributed by atoms with E-state index in [2.05, 4.69) is 17.2 Å². The summed E-state index contributed by atoms with van der Waals surface area (Å²) < 4.78 is 5.10. The highest BCUT2D eigenvalue weighted by Gasteiger charge is 2.24. The van der Waals surface area contributed by atoms with Gasteiger partial charge in [-0.3, -0.25) is 9.59 Å². The lowest BCUT2D eigenvalue weighted by Crippen LogP contribution is -2.46. The van der Waals surface area contributed by atoms with Gasteiger partial charge in [0.1, 0.15) is 12.1 Å². The summed E-state index contributed by atoms with van der Waals surface area (Å²) in [6.07, 6.45) is 1.07. The Bertz CT molecular complexity index is 489. The zero-order chi connectivity index (χ0) is 18.3. The van der Waals surface area contributed by atoms with Crippen molar-refractivity contribution in [2.24, 2.45) is 5.92 Å². The number of hydrogen-bond donors (Lipinski definition) is 2. The highest BCUT2D eigenvalue weighted by Crippen LogP contribution is 2.16. The minimum Gasteiger partial charge on any atom is -0.444 e. The lowest BCUT2D eigenvalue weighted by molar-refractivity contribution is -0.131. The maximum Gasteiger partial charge on any atom is 0.408 e. The normalized spacial score (nSPS) is 15.6. The van der Waals surface area contributed by atoms with E-state index in [-0.39, 0.29) is 18.4 Å². The number of likely N-dealkylation sites (tertiary alicyclic amines) is 1. The Balaban J connectivity index is 2.27. The van der Waals surface area contributed by atoms with Gasteiger partial charge >= 0.3 is 6.09 Å². The summed E-state index contributed by atoms with van der Waals surface area (Å²) in [5, 5.41) is 5.32. The van der Waals surface area contributed by atoms with E-state index in [9.17, 15) is 14.4 Å². The molecular weight excluding hydrogens is 310 g/mol. The number of nitrogens with zero attached hydrogens (tertiary/aromatic N) is 1. The predicted octanol–water partition coefficient (Wildman–Crippen LogP) is 1.44. The molecule has 136 valence electrons. The number of carbonyl (C=O) groups excluding carboxylic acids is 3. The van der Waals surface area contributed by atoms with Gasteiger partial charge in [-0.25, -0.2) is 4.79 Å². The van der Waals surface area contributed by atoms with E-state index in [1.165, 1.54) is 0 Å². The monoisotopic (exact) mass is 339 g/mol. The van der Waals surface area contributed by atoms with Crippen molar-refractivity contribution in [1.29, 1.82) is 0 Å². The summed E-state index contributed by atoms with van der Waals surface area (Å²) in [6, 6.07) is 0. The molecule has 1 saturated heterocycles. The van der Waals surface area contributed by atoms with Crippen molar-refractivity contribution in [2.45, 2.75) is 46.1 Å². The molecule has 2 N–H and O–H groups in total. The van der Waals surface area contributed by atoms with Gasteiger partial charge in [-0.05, 0) is 46.5 Å². The Hall–Kier alpha value is -2.05. The molecule has 0 aromatic carbocycles. The highest BCUT2D eigenvalue weighted by molar-refractivity contribution is 5.92. The van der Waals surface area contributed by atoms with E-state index in [1.807, 2.05) is 0 Å². The number of nitrogens with one attached hydrogen (secondary N) is 2. The van der Waals surface area contributed by atoms with E-state index in [0.29, 0.717) is 31.1 Å². The van der Waals surface area contributed by atoms with Crippen LogP contribution in [0.3, 0.4) is 0 Å². The summed E-state index contributed by atoms with van der Waals surface area (Å²) >= 11 is 0. The zero-order valence-corrected chi connectivity index (χ0v) is 15.1. The second-order valence-corrected chi connectivity index (χ2v) is 7.17. The number of hydrogen-bond acceptors (Lipinski definition) is 4. The molecule has 0 bridgehead atoms. The van der Waals surface area contributed by atoms with Gasteiger partial charge < -0.3 is 20.3 Å². The number of rotatable bonds is 5. The topological polar surface area (TPSA) is 87.7 Å². The predicted molar refractivity (Wildman–Crippen MR) is 91.4 cm³/mol. The first-order chi connectivity index (χ1) is 11.1. The van der Waals surface area contributed by atoms with Gasteiger partial charge in [0.05, 0.1) is 0 Å². The number of carbonyl (C=O) groups is 3. The van der Waals surface area contributed by atoms with E-state index < -0.39 is 11.7 Å². The molecule has 0 atom stereocenters. The molecule has 0 unspecified atom stereocenters. The van der Waals surface area contributed by atoms with Crippen LogP contribution < -0.4 is 10.6 Å². The zero-order valence-electron chi connectivity index (χ0n) is 15.1. The second kappa shape index (κ2) is 8.70. The van der Waals surface area contributed by atoms with Crippen LogP contribution in [0.2, 0.25) is 0 Å². The van der Waals surface area contributed by atoms with E-state index >= 15 is 0 Å². The van der Waals surface area contributed by atoms with Crippen molar-refractivity contribution in [1.82, 2.24) is 15.5 Å². The fourth-order valence-corrected chi connectivity index (χ4v) is 2.35. The molecule has 1 rings (SSSR count). The Morgan fingerprint density at radius 1 is 1.17 bits per heavy atom. The fourth-order valence-electron chi connectivity index (χ4n) is 2.35. The van der Waals surface area contributed by atoms with Gasteiger partial charge in [0, 0.05) is 25.2 Å². The third-order valence-electron chi connectivity index (χ3n) is 3.69. The molecule has 0 saturated carbocycles. The molecule has 0 aromatic rings. The summed E-state index contributed by atoms with van der Waals surface area (Å²) in [6.45, 7) is 12.4. The lowest BCUT2D eigenvalue weighted by Gasteiger charge is -2.32. The van der Waals surface area contributed by atoms with Crippen molar-refractivity contribution < 1.29 is 19.1 Å². The van der Waals surface area contributed by atoms with Crippen molar-refractivity contribution in [3.63, 3.8) is 0 Å². The van der Waals surface area contributed by atoms with E-state index in [1.54, 1.807) is 32.6 Å². The average molecular weight is 339 g/mol. The summed E-state index contributed by atoms with van der Waals surface area (Å²) in [5.74, 6) is 0.108. The second-order valence-electron chi connectivity index (χ2n) is 7.17. The molecule has 1 heterocycles. The maximum absolute atomic E-state index is 12.1. The van der Waals surface area contributed by atoms with Crippen molar-refractivity contribution in [3.8, 4) is 0 Å². The van der Waals surface area contributed by atoms with Crippen LogP contribution in [0.1, 0.15) is 40.5 Å². The molecule has 7 nitrogen and oxygen atoms in total. The Morgan fingerprint density at radius 3 is 2.25 bits per heavy atom. The maximum atomic E-state index is 12.1.